The van der Waals surface area contributed by atoms with Crippen LogP contribution in [0.15, 0.2) is 0 Å². The van der Waals surface area contributed by atoms with E-state index < -0.39 is 11.3 Å². The van der Waals surface area contributed by atoms with Gasteiger partial charge in [0.25, 0.3) is 5.92 Å². The van der Waals surface area contributed by atoms with Crippen LogP contribution in [0.5, 0.6) is 0 Å². The van der Waals surface area contributed by atoms with Crippen molar-refractivity contribution in [3.8, 4) is 0 Å². The van der Waals surface area contributed by atoms with E-state index in [-0.39, 0.29) is 17.6 Å². The van der Waals surface area contributed by atoms with E-state index in [0.29, 0.717) is 19.6 Å². The Kier molecular flexibility index (Phi) is 2.46. The zero-order valence-electron chi connectivity index (χ0n) is 11.6. The van der Waals surface area contributed by atoms with Crippen LogP contribution in [-0.4, -0.2) is 41.7 Å². The van der Waals surface area contributed by atoms with Crippen molar-refractivity contribution in [3.05, 3.63) is 0 Å². The lowest BCUT2D eigenvalue weighted by Crippen LogP contribution is -2.44. The Hall–Kier alpha value is -0.220. The Labute approximate surface area is 108 Å². The third kappa shape index (κ3) is 1.80. The van der Waals surface area contributed by atoms with Crippen molar-refractivity contribution in [2.75, 3.05) is 19.7 Å². The van der Waals surface area contributed by atoms with Crippen molar-refractivity contribution < 1.29 is 13.5 Å². The Bertz CT molecular complexity index is 365. The van der Waals surface area contributed by atoms with Crippen molar-refractivity contribution in [1.29, 1.82) is 0 Å². The molecule has 1 spiro atoms. The lowest BCUT2D eigenvalue weighted by Gasteiger charge is -2.34. The van der Waals surface area contributed by atoms with Crippen molar-refractivity contribution in [2.24, 2.45) is 5.41 Å². The van der Waals surface area contributed by atoms with Gasteiger partial charge in [0.2, 0.25) is 0 Å². The molecule has 1 unspecified atom stereocenters. The maximum atomic E-state index is 13.6. The molecule has 1 saturated carbocycles. The fourth-order valence-electron chi connectivity index (χ4n) is 3.80. The summed E-state index contributed by atoms with van der Waals surface area (Å²) in [5, 5.41) is 0. The molecule has 3 fully saturated rings. The molecule has 0 aromatic carbocycles. The number of rotatable bonds is 2. The highest BCUT2D eigenvalue weighted by Gasteiger charge is 2.77. The number of hydrogen-bond acceptors (Lipinski definition) is 2. The zero-order valence-corrected chi connectivity index (χ0v) is 11.6. The quantitative estimate of drug-likeness (QED) is 0.755. The van der Waals surface area contributed by atoms with Crippen LogP contribution >= 0.6 is 0 Å². The summed E-state index contributed by atoms with van der Waals surface area (Å²) in [5.74, 6) is -2.42. The second-order valence-electron chi connectivity index (χ2n) is 7.49. The molecule has 0 amide bonds. The molecule has 2 heterocycles. The summed E-state index contributed by atoms with van der Waals surface area (Å²) in [6.07, 6.45) is 2.85. The van der Waals surface area contributed by atoms with Crippen LogP contribution in [0.25, 0.3) is 0 Å². The van der Waals surface area contributed by atoms with E-state index in [0.717, 1.165) is 19.4 Å². The molecular formula is C14H23F2NO. The molecule has 0 radical (unpaired) electrons. The third-order valence-electron chi connectivity index (χ3n) is 4.89. The molecule has 3 rings (SSSR count). The van der Waals surface area contributed by atoms with E-state index in [9.17, 15) is 8.78 Å². The minimum atomic E-state index is -2.42. The molecule has 0 N–H and O–H groups in total. The van der Waals surface area contributed by atoms with Gasteiger partial charge in [-0.15, -0.1) is 0 Å². The highest BCUT2D eigenvalue weighted by Crippen LogP contribution is 2.69. The van der Waals surface area contributed by atoms with Crippen LogP contribution in [0.1, 0.15) is 46.5 Å². The van der Waals surface area contributed by atoms with Crippen molar-refractivity contribution in [3.63, 3.8) is 0 Å². The van der Waals surface area contributed by atoms with Gasteiger partial charge in [-0.05, 0) is 46.6 Å². The highest BCUT2D eigenvalue weighted by atomic mass is 19.3. The van der Waals surface area contributed by atoms with E-state index in [1.54, 1.807) is 0 Å². The lowest BCUT2D eigenvalue weighted by atomic mass is 9.88. The van der Waals surface area contributed by atoms with Crippen LogP contribution in [0.2, 0.25) is 0 Å². The molecule has 2 nitrogen and oxygen atoms in total. The number of alkyl halides is 2. The Morgan fingerprint density at radius 3 is 2.44 bits per heavy atom. The summed E-state index contributed by atoms with van der Waals surface area (Å²) in [6.45, 7) is 8.23. The Morgan fingerprint density at radius 1 is 1.22 bits per heavy atom. The average molecular weight is 259 g/mol. The van der Waals surface area contributed by atoms with Crippen molar-refractivity contribution >= 4 is 0 Å². The Morgan fingerprint density at radius 2 is 1.89 bits per heavy atom. The van der Waals surface area contributed by atoms with Gasteiger partial charge in [0.1, 0.15) is 0 Å². The molecule has 2 atom stereocenters. The summed E-state index contributed by atoms with van der Waals surface area (Å²) in [4.78, 5) is 2.28. The number of ether oxygens (including phenoxy) is 1. The maximum absolute atomic E-state index is 13.6. The largest absolute Gasteiger partial charge is 0.374 e. The van der Waals surface area contributed by atoms with Crippen LogP contribution in [0.4, 0.5) is 8.78 Å². The predicted octanol–water partition coefficient (Wildman–Crippen LogP) is 3.07. The summed E-state index contributed by atoms with van der Waals surface area (Å²) in [5.41, 5.74) is -1.01. The number of fused-ring (bicyclic) bond motifs is 1. The van der Waals surface area contributed by atoms with Gasteiger partial charge in [-0.3, -0.25) is 4.90 Å². The molecule has 0 bridgehead atoms. The first-order chi connectivity index (χ1) is 8.18. The minimum absolute atomic E-state index is 0.0910. The summed E-state index contributed by atoms with van der Waals surface area (Å²) in [6, 6.07) is 0. The van der Waals surface area contributed by atoms with Crippen molar-refractivity contribution in [2.45, 2.75) is 63.5 Å². The average Bonchev–Trinajstić information content (AvgIpc) is 2.55. The SMILES string of the molecule is CC(C)(C)OC[C@@]12CCCN1CC1(CC1(F)F)C2. The lowest BCUT2D eigenvalue weighted by molar-refractivity contribution is -0.0529. The highest BCUT2D eigenvalue weighted by molar-refractivity contribution is 5.22. The van der Waals surface area contributed by atoms with Gasteiger partial charge in [0.15, 0.2) is 0 Å². The predicted molar refractivity (Wildman–Crippen MR) is 65.9 cm³/mol. The summed E-state index contributed by atoms with van der Waals surface area (Å²) < 4.78 is 33.1. The van der Waals surface area contributed by atoms with E-state index in [4.69, 9.17) is 4.74 Å². The molecule has 2 aliphatic heterocycles. The van der Waals surface area contributed by atoms with E-state index in [2.05, 4.69) is 4.90 Å². The van der Waals surface area contributed by atoms with Crippen LogP contribution < -0.4 is 0 Å². The molecule has 104 valence electrons. The summed E-state index contributed by atoms with van der Waals surface area (Å²) in [7, 11) is 0. The van der Waals surface area contributed by atoms with Crippen molar-refractivity contribution in [1.82, 2.24) is 4.90 Å². The molecule has 0 aromatic rings. The second-order valence-corrected chi connectivity index (χ2v) is 7.49. The standard InChI is InChI=1S/C14H23F2NO/c1-11(2,3)18-10-13-5-4-6-17(13)9-12(7-13)8-14(12,15)16/h4-10H2,1-3H3/t12?,13-/m0/s1. The minimum Gasteiger partial charge on any atom is -0.374 e. The van der Waals surface area contributed by atoms with E-state index in [1.165, 1.54) is 0 Å². The van der Waals surface area contributed by atoms with E-state index >= 15 is 0 Å². The normalized spacial score (nSPS) is 42.5. The van der Waals surface area contributed by atoms with Gasteiger partial charge in [0.05, 0.1) is 17.6 Å². The zero-order chi connectivity index (χ0) is 13.2. The number of halogens is 2. The molecule has 4 heteroatoms. The van der Waals surface area contributed by atoms with Gasteiger partial charge >= 0.3 is 0 Å². The van der Waals surface area contributed by atoms with Gasteiger partial charge < -0.3 is 4.74 Å². The molecule has 0 aromatic heterocycles. The van der Waals surface area contributed by atoms with Crippen LogP contribution in [-0.2, 0) is 4.74 Å². The fourth-order valence-corrected chi connectivity index (χ4v) is 3.80. The number of hydrogen-bond donors (Lipinski definition) is 0. The fraction of sp³-hybridized carbons (Fsp3) is 1.00. The smallest absolute Gasteiger partial charge is 0.255 e. The maximum Gasteiger partial charge on any atom is 0.255 e. The molecule has 1 aliphatic carbocycles. The Balaban J connectivity index is 1.74. The second kappa shape index (κ2) is 3.45. The first-order valence-electron chi connectivity index (χ1n) is 6.95. The van der Waals surface area contributed by atoms with Gasteiger partial charge in [0, 0.05) is 18.5 Å². The topological polar surface area (TPSA) is 12.5 Å². The first kappa shape index (κ1) is 12.8. The molecule has 3 aliphatic rings. The molecule has 18 heavy (non-hydrogen) atoms. The summed E-state index contributed by atoms with van der Waals surface area (Å²) >= 11 is 0. The van der Waals surface area contributed by atoms with Gasteiger partial charge in [-0.1, -0.05) is 0 Å². The van der Waals surface area contributed by atoms with E-state index in [1.807, 2.05) is 20.8 Å². The molecular weight excluding hydrogens is 236 g/mol. The monoisotopic (exact) mass is 259 g/mol. The van der Waals surface area contributed by atoms with Gasteiger partial charge in [-0.25, -0.2) is 8.78 Å². The first-order valence-corrected chi connectivity index (χ1v) is 6.95. The van der Waals surface area contributed by atoms with Gasteiger partial charge in [-0.2, -0.15) is 0 Å². The van der Waals surface area contributed by atoms with Crippen LogP contribution in [0, 0.1) is 5.41 Å². The number of nitrogens with zero attached hydrogens (tertiary/aromatic N) is 1. The molecule has 2 saturated heterocycles. The van der Waals surface area contributed by atoms with Crippen LogP contribution in [0.3, 0.4) is 0 Å². The third-order valence-corrected chi connectivity index (χ3v) is 4.89.